The standard InChI is InChI=1S/C19H23N3O/c1-14-5-7-17(13-21-14)19(23)22-11-3-4-18(22)8-6-16-9-10-20-15(2)12-16/h5,7,9-10,12-13,18H,3-4,6,8,11H2,1-2H3. The first-order chi connectivity index (χ1) is 11.1. The van der Waals surface area contributed by atoms with Gasteiger partial charge in [-0.25, -0.2) is 0 Å². The number of carbonyl (C=O) groups excluding carboxylic acids is 1. The van der Waals surface area contributed by atoms with Crippen LogP contribution in [-0.4, -0.2) is 33.4 Å². The van der Waals surface area contributed by atoms with Crippen molar-refractivity contribution in [1.82, 2.24) is 14.9 Å². The molecule has 0 spiro atoms. The fraction of sp³-hybridized carbons (Fsp3) is 0.421. The highest BCUT2D eigenvalue weighted by Crippen LogP contribution is 2.24. The molecule has 120 valence electrons. The van der Waals surface area contributed by atoms with E-state index in [4.69, 9.17) is 0 Å². The van der Waals surface area contributed by atoms with E-state index >= 15 is 0 Å². The Morgan fingerprint density at radius 3 is 2.83 bits per heavy atom. The molecular weight excluding hydrogens is 286 g/mol. The lowest BCUT2D eigenvalue weighted by atomic mass is 10.0. The summed E-state index contributed by atoms with van der Waals surface area (Å²) in [5.74, 6) is 0.117. The van der Waals surface area contributed by atoms with Gasteiger partial charge in [0.05, 0.1) is 5.56 Å². The minimum absolute atomic E-state index is 0.117. The zero-order chi connectivity index (χ0) is 16.2. The molecule has 2 aromatic heterocycles. The third kappa shape index (κ3) is 3.76. The molecule has 0 bridgehead atoms. The summed E-state index contributed by atoms with van der Waals surface area (Å²) in [5, 5.41) is 0. The zero-order valence-corrected chi connectivity index (χ0v) is 13.8. The topological polar surface area (TPSA) is 46.1 Å². The highest BCUT2D eigenvalue weighted by atomic mass is 16.2. The molecule has 1 atom stereocenters. The van der Waals surface area contributed by atoms with Gasteiger partial charge in [0, 0.05) is 36.4 Å². The van der Waals surface area contributed by atoms with Crippen molar-refractivity contribution < 1.29 is 4.79 Å². The number of amides is 1. The molecule has 23 heavy (non-hydrogen) atoms. The van der Waals surface area contributed by atoms with Gasteiger partial charge >= 0.3 is 0 Å². The minimum Gasteiger partial charge on any atom is -0.336 e. The second kappa shape index (κ2) is 6.90. The van der Waals surface area contributed by atoms with E-state index in [2.05, 4.69) is 22.1 Å². The number of hydrogen-bond acceptors (Lipinski definition) is 3. The fourth-order valence-corrected chi connectivity index (χ4v) is 3.26. The second-order valence-electron chi connectivity index (χ2n) is 6.33. The number of rotatable bonds is 4. The fourth-order valence-electron chi connectivity index (χ4n) is 3.26. The molecule has 0 aromatic carbocycles. The maximum atomic E-state index is 12.7. The molecule has 3 rings (SSSR count). The quantitative estimate of drug-likeness (QED) is 0.870. The summed E-state index contributed by atoms with van der Waals surface area (Å²) >= 11 is 0. The average Bonchev–Trinajstić information content (AvgIpc) is 3.01. The van der Waals surface area contributed by atoms with Crippen LogP contribution in [0, 0.1) is 13.8 Å². The SMILES string of the molecule is Cc1ccc(C(=O)N2CCCC2CCc2ccnc(C)c2)cn1. The molecule has 1 aliphatic heterocycles. The largest absolute Gasteiger partial charge is 0.336 e. The van der Waals surface area contributed by atoms with Crippen LogP contribution in [0.3, 0.4) is 0 Å². The molecule has 4 heteroatoms. The van der Waals surface area contributed by atoms with Crippen LogP contribution in [0.4, 0.5) is 0 Å². The van der Waals surface area contributed by atoms with E-state index < -0.39 is 0 Å². The van der Waals surface area contributed by atoms with Gasteiger partial charge in [0.25, 0.3) is 5.91 Å². The highest BCUT2D eigenvalue weighted by molar-refractivity contribution is 5.94. The summed E-state index contributed by atoms with van der Waals surface area (Å²) in [6, 6.07) is 8.31. The molecule has 1 saturated heterocycles. The number of aryl methyl sites for hydroxylation is 3. The van der Waals surface area contributed by atoms with Gasteiger partial charge in [0.1, 0.15) is 0 Å². The Balaban J connectivity index is 1.65. The zero-order valence-electron chi connectivity index (χ0n) is 13.8. The van der Waals surface area contributed by atoms with E-state index in [0.29, 0.717) is 11.6 Å². The molecule has 0 aliphatic carbocycles. The third-order valence-electron chi connectivity index (χ3n) is 4.52. The van der Waals surface area contributed by atoms with Crippen LogP contribution in [0.1, 0.15) is 46.6 Å². The number of hydrogen-bond donors (Lipinski definition) is 0. The summed E-state index contributed by atoms with van der Waals surface area (Å²) in [5.41, 5.74) is 3.98. The normalized spacial score (nSPS) is 17.5. The van der Waals surface area contributed by atoms with Gasteiger partial charge in [0.15, 0.2) is 0 Å². The predicted octanol–water partition coefficient (Wildman–Crippen LogP) is 3.33. The number of carbonyl (C=O) groups is 1. The smallest absolute Gasteiger partial charge is 0.255 e. The van der Waals surface area contributed by atoms with E-state index in [1.54, 1.807) is 6.20 Å². The van der Waals surface area contributed by atoms with Crippen LogP contribution in [0.25, 0.3) is 0 Å². The maximum Gasteiger partial charge on any atom is 0.255 e. The summed E-state index contributed by atoms with van der Waals surface area (Å²) in [4.78, 5) is 23.2. The first-order valence-corrected chi connectivity index (χ1v) is 8.28. The van der Waals surface area contributed by atoms with Crippen molar-refractivity contribution >= 4 is 5.91 Å². The Bertz CT molecular complexity index is 681. The van der Waals surface area contributed by atoms with Crippen molar-refractivity contribution in [2.45, 2.75) is 45.6 Å². The maximum absolute atomic E-state index is 12.7. The molecule has 0 N–H and O–H groups in total. The van der Waals surface area contributed by atoms with Crippen molar-refractivity contribution in [3.8, 4) is 0 Å². The molecule has 1 unspecified atom stereocenters. The summed E-state index contributed by atoms with van der Waals surface area (Å²) in [6.45, 7) is 4.80. The Labute approximate surface area is 137 Å². The van der Waals surface area contributed by atoms with Crippen LogP contribution < -0.4 is 0 Å². The Kier molecular flexibility index (Phi) is 4.70. The molecule has 1 fully saturated rings. The van der Waals surface area contributed by atoms with E-state index in [9.17, 15) is 4.79 Å². The van der Waals surface area contributed by atoms with Crippen LogP contribution >= 0.6 is 0 Å². The first-order valence-electron chi connectivity index (χ1n) is 8.28. The van der Waals surface area contributed by atoms with Crippen molar-refractivity contribution in [2.75, 3.05) is 6.54 Å². The lowest BCUT2D eigenvalue weighted by Crippen LogP contribution is -2.35. The third-order valence-corrected chi connectivity index (χ3v) is 4.52. The molecule has 0 radical (unpaired) electrons. The molecule has 3 heterocycles. The van der Waals surface area contributed by atoms with Gasteiger partial charge in [-0.3, -0.25) is 14.8 Å². The summed E-state index contributed by atoms with van der Waals surface area (Å²) in [6.07, 6.45) is 7.73. The van der Waals surface area contributed by atoms with Crippen LogP contribution in [0.5, 0.6) is 0 Å². The Hall–Kier alpha value is -2.23. The van der Waals surface area contributed by atoms with Gasteiger partial charge in [-0.15, -0.1) is 0 Å². The number of aromatic nitrogens is 2. The van der Waals surface area contributed by atoms with Gasteiger partial charge in [-0.2, -0.15) is 0 Å². The van der Waals surface area contributed by atoms with Crippen molar-refractivity contribution in [3.05, 3.63) is 59.2 Å². The number of likely N-dealkylation sites (tertiary alicyclic amines) is 1. The van der Waals surface area contributed by atoms with E-state index in [0.717, 1.165) is 43.6 Å². The molecule has 1 amide bonds. The first kappa shape index (κ1) is 15.7. The molecule has 4 nitrogen and oxygen atoms in total. The minimum atomic E-state index is 0.117. The predicted molar refractivity (Wildman–Crippen MR) is 90.3 cm³/mol. The van der Waals surface area contributed by atoms with Crippen LogP contribution in [0.2, 0.25) is 0 Å². The summed E-state index contributed by atoms with van der Waals surface area (Å²) in [7, 11) is 0. The van der Waals surface area contributed by atoms with E-state index in [1.807, 2.05) is 37.1 Å². The van der Waals surface area contributed by atoms with Crippen molar-refractivity contribution in [1.29, 1.82) is 0 Å². The van der Waals surface area contributed by atoms with Gasteiger partial charge in [0.2, 0.25) is 0 Å². The van der Waals surface area contributed by atoms with E-state index in [1.165, 1.54) is 5.56 Å². The van der Waals surface area contributed by atoms with Crippen molar-refractivity contribution in [2.24, 2.45) is 0 Å². The molecule has 1 aliphatic rings. The van der Waals surface area contributed by atoms with Crippen LogP contribution in [-0.2, 0) is 6.42 Å². The number of nitrogens with zero attached hydrogens (tertiary/aromatic N) is 3. The average molecular weight is 309 g/mol. The van der Waals surface area contributed by atoms with Gasteiger partial charge < -0.3 is 4.90 Å². The Morgan fingerprint density at radius 1 is 1.22 bits per heavy atom. The molecule has 2 aromatic rings. The number of pyridine rings is 2. The summed E-state index contributed by atoms with van der Waals surface area (Å²) < 4.78 is 0. The Morgan fingerprint density at radius 2 is 2.09 bits per heavy atom. The van der Waals surface area contributed by atoms with Gasteiger partial charge in [-0.05, 0) is 69.4 Å². The molecule has 0 saturated carbocycles. The molecular formula is C19H23N3O. The lowest BCUT2D eigenvalue weighted by Gasteiger charge is -2.25. The van der Waals surface area contributed by atoms with Gasteiger partial charge in [-0.1, -0.05) is 0 Å². The second-order valence-corrected chi connectivity index (χ2v) is 6.33. The van der Waals surface area contributed by atoms with E-state index in [-0.39, 0.29) is 5.91 Å². The van der Waals surface area contributed by atoms with Crippen LogP contribution in [0.15, 0.2) is 36.7 Å². The highest BCUT2D eigenvalue weighted by Gasteiger charge is 2.29. The van der Waals surface area contributed by atoms with Crippen molar-refractivity contribution in [3.63, 3.8) is 0 Å². The lowest BCUT2D eigenvalue weighted by molar-refractivity contribution is 0.0730. The monoisotopic (exact) mass is 309 g/mol.